The lowest BCUT2D eigenvalue weighted by molar-refractivity contribution is 0.0964. The average molecular weight is 692 g/mol. The molecule has 1 amide bonds. The van der Waals surface area contributed by atoms with Crippen LogP contribution in [0.25, 0.3) is 56.0 Å². The number of nitrogen functional groups attached to an aromatic ring is 1. The van der Waals surface area contributed by atoms with Crippen molar-refractivity contribution < 1.29 is 31.2 Å². The average Bonchev–Trinajstić information content (AvgIpc) is 3.72. The van der Waals surface area contributed by atoms with Crippen molar-refractivity contribution in [1.29, 1.82) is 0 Å². The predicted octanol–water partition coefficient (Wildman–Crippen LogP) is 7.03. The number of rotatable bonds is 9. The number of furan rings is 1. The number of hydrogen-bond acceptors (Lipinski definition) is 9. The van der Waals surface area contributed by atoms with Crippen molar-refractivity contribution in [3.63, 3.8) is 0 Å². The summed E-state index contributed by atoms with van der Waals surface area (Å²) in [5.74, 6) is -0.0175. The van der Waals surface area contributed by atoms with Crippen molar-refractivity contribution in [3.8, 4) is 39.7 Å². The van der Waals surface area contributed by atoms with Crippen LogP contribution in [0.4, 0.5) is 15.8 Å². The lowest BCUT2D eigenvalue weighted by Gasteiger charge is -2.25. The first-order valence-electron chi connectivity index (χ1n) is 15.3. The number of oxazole rings is 1. The highest BCUT2D eigenvalue weighted by atomic mass is 32.2. The zero-order chi connectivity index (χ0) is 35.2. The Morgan fingerprint density at radius 2 is 1.74 bits per heavy atom. The number of para-hydroxylation sites is 1. The summed E-state index contributed by atoms with van der Waals surface area (Å²) in [5.41, 5.74) is 10.9. The zero-order valence-corrected chi connectivity index (χ0v) is 27.9. The number of nitrogens with zero attached hydrogens (tertiary/aromatic N) is 3. The number of benzene rings is 4. The van der Waals surface area contributed by atoms with E-state index in [0.717, 1.165) is 6.26 Å². The number of nitrogens with one attached hydrogen (secondary N) is 1. The van der Waals surface area contributed by atoms with Crippen molar-refractivity contribution in [2.75, 3.05) is 30.5 Å². The number of halogens is 1. The number of hydrogen-bond donors (Lipinski definition) is 2. The van der Waals surface area contributed by atoms with Gasteiger partial charge in [0.25, 0.3) is 5.91 Å². The zero-order valence-electron chi connectivity index (χ0n) is 27.1. The summed E-state index contributed by atoms with van der Waals surface area (Å²) in [6.07, 6.45) is 4.30. The Morgan fingerprint density at radius 3 is 2.42 bits per heavy atom. The molecule has 4 aromatic carbocycles. The number of carbonyl (C=O) groups excluding carboxylic acids is 1. The van der Waals surface area contributed by atoms with Crippen molar-refractivity contribution in [1.82, 2.24) is 15.3 Å². The van der Waals surface area contributed by atoms with E-state index in [-0.39, 0.29) is 35.0 Å². The topological polar surface area (TPSA) is 154 Å². The molecule has 0 saturated carbocycles. The number of fused-ring (bicyclic) bond motifs is 2. The van der Waals surface area contributed by atoms with Crippen LogP contribution < -0.4 is 20.1 Å². The Kier molecular flexibility index (Phi) is 8.20. The number of pyridine rings is 1. The molecule has 7 rings (SSSR count). The van der Waals surface area contributed by atoms with Crippen LogP contribution in [-0.4, -0.2) is 44.7 Å². The molecule has 13 heteroatoms. The molecule has 3 heterocycles. The van der Waals surface area contributed by atoms with Crippen molar-refractivity contribution >= 4 is 49.4 Å². The molecular weight excluding hydrogens is 662 g/mol. The third-order valence-electron chi connectivity index (χ3n) is 8.28. The van der Waals surface area contributed by atoms with Crippen LogP contribution in [0.3, 0.4) is 0 Å². The molecule has 252 valence electrons. The van der Waals surface area contributed by atoms with Crippen LogP contribution in [0.1, 0.15) is 15.9 Å². The number of sulfonamides is 1. The van der Waals surface area contributed by atoms with E-state index >= 15 is 0 Å². The van der Waals surface area contributed by atoms with Gasteiger partial charge in [0.15, 0.2) is 5.58 Å². The van der Waals surface area contributed by atoms with Gasteiger partial charge in [-0.15, -0.1) is 0 Å². The van der Waals surface area contributed by atoms with E-state index in [4.69, 9.17) is 19.3 Å². The third-order valence-corrected chi connectivity index (χ3v) is 9.40. The normalized spacial score (nSPS) is 11.6. The maximum absolute atomic E-state index is 13.9. The Bertz CT molecular complexity index is 2510. The number of anilines is 2. The minimum atomic E-state index is -3.92. The molecule has 0 spiro atoms. The molecule has 50 heavy (non-hydrogen) atoms. The Morgan fingerprint density at radius 1 is 0.960 bits per heavy atom. The number of carbonyl (C=O) groups is 1. The van der Waals surface area contributed by atoms with Crippen LogP contribution >= 0.6 is 0 Å². The van der Waals surface area contributed by atoms with E-state index in [9.17, 15) is 17.6 Å². The van der Waals surface area contributed by atoms with Gasteiger partial charge in [-0.2, -0.15) is 0 Å². The largest absolute Gasteiger partial charge is 0.496 e. The smallest absolute Gasteiger partial charge is 0.255 e. The van der Waals surface area contributed by atoms with Crippen LogP contribution in [0.2, 0.25) is 0 Å². The summed E-state index contributed by atoms with van der Waals surface area (Å²) in [4.78, 5) is 22.3. The lowest BCUT2D eigenvalue weighted by atomic mass is 9.96. The number of methoxy groups -OCH3 is 1. The summed E-state index contributed by atoms with van der Waals surface area (Å²) >= 11 is 0. The second-order valence-electron chi connectivity index (χ2n) is 11.5. The van der Waals surface area contributed by atoms with Gasteiger partial charge in [0, 0.05) is 42.0 Å². The highest BCUT2D eigenvalue weighted by Gasteiger charge is 2.28. The van der Waals surface area contributed by atoms with E-state index in [2.05, 4.69) is 15.3 Å². The maximum atomic E-state index is 13.9. The number of aromatic nitrogens is 2. The second-order valence-corrected chi connectivity index (χ2v) is 13.4. The van der Waals surface area contributed by atoms with Gasteiger partial charge in [-0.1, -0.05) is 18.2 Å². The Balaban J connectivity index is 1.52. The minimum Gasteiger partial charge on any atom is -0.496 e. The SMILES string of the molecule is CNC(=O)c1c(-c2ccc(F)cc2)oc2cc(N(Cc3cccnc3)S(C)(=O)=O)c(-c3ccc(OC)c(-c4nc5c(N)cccc5o4)c3)cc12. The van der Waals surface area contributed by atoms with Crippen molar-refractivity contribution in [3.05, 3.63) is 114 Å². The first-order valence-corrected chi connectivity index (χ1v) is 17.2. The molecule has 11 nitrogen and oxygen atoms in total. The van der Waals surface area contributed by atoms with Gasteiger partial charge < -0.3 is 24.6 Å². The summed E-state index contributed by atoms with van der Waals surface area (Å²) in [6.45, 7) is -0.0492. The molecule has 0 aliphatic carbocycles. The van der Waals surface area contributed by atoms with Gasteiger partial charge in [0.2, 0.25) is 15.9 Å². The summed E-state index contributed by atoms with van der Waals surface area (Å²) in [7, 11) is -0.909. The van der Waals surface area contributed by atoms with Gasteiger partial charge in [0.1, 0.15) is 28.4 Å². The van der Waals surface area contributed by atoms with E-state index < -0.39 is 21.7 Å². The minimum absolute atomic E-state index is 0.0492. The molecule has 0 radical (unpaired) electrons. The monoisotopic (exact) mass is 691 g/mol. The van der Waals surface area contributed by atoms with E-state index in [1.54, 1.807) is 73.1 Å². The second kappa shape index (κ2) is 12.7. The molecule has 0 fully saturated rings. The lowest BCUT2D eigenvalue weighted by Crippen LogP contribution is -2.29. The first kappa shape index (κ1) is 32.3. The molecule has 0 atom stereocenters. The van der Waals surface area contributed by atoms with Crippen LogP contribution in [0, 0.1) is 5.82 Å². The number of nitrogens with two attached hydrogens (primary N) is 1. The van der Waals surface area contributed by atoms with Crippen LogP contribution in [-0.2, 0) is 16.6 Å². The fourth-order valence-electron chi connectivity index (χ4n) is 5.89. The Labute approximate surface area is 286 Å². The highest BCUT2D eigenvalue weighted by molar-refractivity contribution is 7.92. The molecule has 7 aromatic rings. The molecule has 3 aromatic heterocycles. The number of amides is 1. The van der Waals surface area contributed by atoms with E-state index in [1.165, 1.54) is 42.7 Å². The molecule has 0 unspecified atom stereocenters. The van der Waals surface area contributed by atoms with Gasteiger partial charge in [0.05, 0.1) is 42.4 Å². The first-order chi connectivity index (χ1) is 24.0. The predicted molar refractivity (Wildman–Crippen MR) is 190 cm³/mol. The summed E-state index contributed by atoms with van der Waals surface area (Å²) in [6, 6.07) is 22.9. The van der Waals surface area contributed by atoms with Gasteiger partial charge in [-0.25, -0.2) is 17.8 Å². The molecule has 0 saturated heterocycles. The standard InChI is InChI=1S/C37H30FN5O6S/c1-40-36(44)33-26-17-25(23-11-14-30(47-2)27(16-23)37-42-34-28(39)7-4-8-31(34)49-37)29(43(50(3,45)46)20-21-6-5-15-41-19-21)18-32(26)48-35(33)22-9-12-24(38)13-10-22/h4-19H,20,39H2,1-3H3,(H,40,44). The van der Waals surface area contributed by atoms with E-state index in [1.807, 2.05) is 0 Å². The molecular formula is C37H30FN5O6S. The quantitative estimate of drug-likeness (QED) is 0.152. The maximum Gasteiger partial charge on any atom is 0.255 e. The van der Waals surface area contributed by atoms with Gasteiger partial charge in [-0.05, 0) is 71.8 Å². The fraction of sp³-hybridized carbons (Fsp3) is 0.108. The Hall–Kier alpha value is -6.21. The molecule has 0 aliphatic heterocycles. The molecule has 0 bridgehead atoms. The van der Waals surface area contributed by atoms with Gasteiger partial charge >= 0.3 is 0 Å². The summed E-state index contributed by atoms with van der Waals surface area (Å²) < 4.78 is 60.4. The van der Waals surface area contributed by atoms with E-state index in [0.29, 0.717) is 55.7 Å². The van der Waals surface area contributed by atoms with Crippen molar-refractivity contribution in [2.45, 2.75) is 6.54 Å². The third kappa shape index (κ3) is 5.87. The molecule has 3 N–H and O–H groups in total. The summed E-state index contributed by atoms with van der Waals surface area (Å²) in [5, 5.41) is 3.07. The van der Waals surface area contributed by atoms with Crippen molar-refractivity contribution in [2.24, 2.45) is 0 Å². The fourth-order valence-corrected chi connectivity index (χ4v) is 6.78. The molecule has 0 aliphatic rings. The van der Waals surface area contributed by atoms with Crippen LogP contribution in [0.15, 0.2) is 106 Å². The van der Waals surface area contributed by atoms with Crippen LogP contribution in [0.5, 0.6) is 5.75 Å². The van der Waals surface area contributed by atoms with Gasteiger partial charge in [-0.3, -0.25) is 14.1 Å². The number of ether oxygens (including phenoxy) is 1. The highest BCUT2D eigenvalue weighted by Crippen LogP contribution is 2.44.